The number of amides is 2. The second kappa shape index (κ2) is 14.9. The van der Waals surface area contributed by atoms with Crippen LogP contribution in [-0.4, -0.2) is 64.8 Å². The highest BCUT2D eigenvalue weighted by Crippen LogP contribution is 2.25. The summed E-state index contributed by atoms with van der Waals surface area (Å²) in [6.07, 6.45) is 2.73. The molecule has 0 atom stereocenters. The van der Waals surface area contributed by atoms with E-state index in [1.807, 2.05) is 63.2 Å². The molecule has 2 heterocycles. The summed E-state index contributed by atoms with van der Waals surface area (Å²) in [5.74, 6) is 0.703. The van der Waals surface area contributed by atoms with Gasteiger partial charge in [-0.25, -0.2) is 8.42 Å². The number of hydrogen-bond donors (Lipinski definition) is 2. The van der Waals surface area contributed by atoms with Crippen molar-refractivity contribution < 1.29 is 22.7 Å². The average molecular weight is 663 g/mol. The molecule has 0 saturated carbocycles. The van der Waals surface area contributed by atoms with Crippen molar-refractivity contribution in [3.05, 3.63) is 89.2 Å². The summed E-state index contributed by atoms with van der Waals surface area (Å²) in [4.78, 5) is 26.1. The van der Waals surface area contributed by atoms with Crippen molar-refractivity contribution in [2.24, 2.45) is 0 Å². The molecule has 0 spiro atoms. The molecule has 3 aromatic carbocycles. The van der Waals surface area contributed by atoms with Gasteiger partial charge in [0.15, 0.2) is 11.0 Å². The Hall–Kier alpha value is -4.20. The van der Waals surface area contributed by atoms with Crippen LogP contribution in [0.15, 0.2) is 76.8 Å². The summed E-state index contributed by atoms with van der Waals surface area (Å²) in [5.41, 5.74) is 3.84. The van der Waals surface area contributed by atoms with Gasteiger partial charge in [-0.3, -0.25) is 14.2 Å². The molecule has 5 rings (SSSR count). The van der Waals surface area contributed by atoms with Crippen molar-refractivity contribution in [3.63, 3.8) is 0 Å². The van der Waals surface area contributed by atoms with E-state index < -0.39 is 10.0 Å². The van der Waals surface area contributed by atoms with E-state index in [4.69, 9.17) is 4.74 Å². The molecule has 11 nitrogen and oxygen atoms in total. The van der Waals surface area contributed by atoms with Gasteiger partial charge in [0.25, 0.3) is 5.91 Å². The third-order valence-corrected chi connectivity index (χ3v) is 10.4. The fourth-order valence-corrected chi connectivity index (χ4v) is 7.39. The number of thioether (sulfide) groups is 1. The van der Waals surface area contributed by atoms with E-state index in [1.54, 1.807) is 4.57 Å². The lowest BCUT2D eigenvalue weighted by atomic mass is 10.1. The van der Waals surface area contributed by atoms with E-state index in [0.717, 1.165) is 41.8 Å². The van der Waals surface area contributed by atoms with Gasteiger partial charge in [-0.2, -0.15) is 4.31 Å². The summed E-state index contributed by atoms with van der Waals surface area (Å²) in [5, 5.41) is 15.0. The fourth-order valence-electron chi connectivity index (χ4n) is 5.11. The van der Waals surface area contributed by atoms with Crippen molar-refractivity contribution in [3.8, 4) is 11.4 Å². The Kier molecular flexibility index (Phi) is 10.8. The third-order valence-electron chi connectivity index (χ3n) is 7.58. The molecule has 0 radical (unpaired) electrons. The molecule has 0 unspecified atom stereocenters. The molecule has 1 saturated heterocycles. The van der Waals surface area contributed by atoms with E-state index in [2.05, 4.69) is 20.8 Å². The molecule has 0 bridgehead atoms. The summed E-state index contributed by atoms with van der Waals surface area (Å²) in [7, 11) is -3.59. The zero-order valence-electron chi connectivity index (χ0n) is 26.2. The zero-order valence-corrected chi connectivity index (χ0v) is 27.8. The Morgan fingerprint density at radius 1 is 0.935 bits per heavy atom. The molecule has 46 heavy (non-hydrogen) atoms. The van der Waals surface area contributed by atoms with Crippen LogP contribution in [-0.2, 0) is 21.4 Å². The summed E-state index contributed by atoms with van der Waals surface area (Å²) in [6.45, 7) is 7.42. The molecule has 1 fully saturated rings. The number of anilines is 1. The predicted octanol–water partition coefficient (Wildman–Crippen LogP) is 5.12. The van der Waals surface area contributed by atoms with E-state index in [9.17, 15) is 18.0 Å². The number of rotatable bonds is 12. The molecular formula is C33H38N6O5S2. The van der Waals surface area contributed by atoms with Crippen LogP contribution >= 0.6 is 11.8 Å². The van der Waals surface area contributed by atoms with Gasteiger partial charge < -0.3 is 15.4 Å². The summed E-state index contributed by atoms with van der Waals surface area (Å²) in [6, 6.07) is 19.3. The highest BCUT2D eigenvalue weighted by Gasteiger charge is 2.26. The van der Waals surface area contributed by atoms with Gasteiger partial charge in [0.05, 0.1) is 23.8 Å². The first-order valence-corrected chi connectivity index (χ1v) is 17.6. The Morgan fingerprint density at radius 3 is 2.35 bits per heavy atom. The summed E-state index contributed by atoms with van der Waals surface area (Å²) >= 11 is 1.23. The van der Waals surface area contributed by atoms with Crippen LogP contribution in [0.1, 0.15) is 53.5 Å². The number of carbonyl (C=O) groups is 2. The van der Waals surface area contributed by atoms with E-state index in [1.165, 1.54) is 40.3 Å². The first kappa shape index (κ1) is 33.2. The molecule has 1 aliphatic rings. The van der Waals surface area contributed by atoms with Gasteiger partial charge in [-0.05, 0) is 99.3 Å². The maximum absolute atomic E-state index is 13.1. The van der Waals surface area contributed by atoms with Crippen LogP contribution in [0.25, 0.3) is 5.69 Å². The van der Waals surface area contributed by atoms with Crippen LogP contribution in [0.3, 0.4) is 0 Å². The quantitative estimate of drug-likeness (QED) is 0.200. The normalized spacial score (nSPS) is 13.7. The number of nitrogens with one attached hydrogen (secondary N) is 2. The maximum atomic E-state index is 13.1. The lowest BCUT2D eigenvalue weighted by molar-refractivity contribution is -0.113. The van der Waals surface area contributed by atoms with Crippen molar-refractivity contribution in [1.82, 2.24) is 24.4 Å². The minimum Gasteiger partial charge on any atom is -0.494 e. The first-order valence-electron chi connectivity index (χ1n) is 15.2. The largest absolute Gasteiger partial charge is 0.494 e. The molecule has 1 aliphatic heterocycles. The molecule has 0 aliphatic carbocycles. The Morgan fingerprint density at radius 2 is 1.65 bits per heavy atom. The first-order chi connectivity index (χ1) is 22.2. The number of nitrogens with zero attached hydrogens (tertiary/aromatic N) is 4. The highest BCUT2D eigenvalue weighted by molar-refractivity contribution is 7.99. The SMILES string of the molecule is CCOc1ccc(-n2c(CNC(=O)c3ccc(S(=O)(=O)N4CCCCC4)cc3)nnc2SCC(=O)Nc2cc(C)ccc2C)cc1. The van der Waals surface area contributed by atoms with Crippen LogP contribution in [0.2, 0.25) is 0 Å². The Labute approximate surface area is 273 Å². The molecule has 2 N–H and O–H groups in total. The van der Waals surface area contributed by atoms with Crippen LogP contribution < -0.4 is 15.4 Å². The number of carbonyl (C=O) groups excluding carboxylic acids is 2. The topological polar surface area (TPSA) is 136 Å². The number of piperidine rings is 1. The number of sulfonamides is 1. The predicted molar refractivity (Wildman–Crippen MR) is 178 cm³/mol. The summed E-state index contributed by atoms with van der Waals surface area (Å²) < 4.78 is 34.9. The number of aromatic nitrogens is 3. The van der Waals surface area contributed by atoms with Gasteiger partial charge in [0.1, 0.15) is 5.75 Å². The van der Waals surface area contributed by atoms with Crippen molar-refractivity contribution in [2.45, 2.75) is 56.6 Å². The van der Waals surface area contributed by atoms with Gasteiger partial charge in [-0.1, -0.05) is 30.3 Å². The minimum atomic E-state index is -3.59. The lowest BCUT2D eigenvalue weighted by Crippen LogP contribution is -2.35. The number of ether oxygens (including phenoxy) is 1. The number of benzene rings is 3. The van der Waals surface area contributed by atoms with Gasteiger partial charge in [0.2, 0.25) is 15.9 Å². The minimum absolute atomic E-state index is 0.0438. The van der Waals surface area contributed by atoms with E-state index in [-0.39, 0.29) is 29.0 Å². The van der Waals surface area contributed by atoms with Crippen LogP contribution in [0.5, 0.6) is 5.75 Å². The standard InChI is InChI=1S/C33H38N6O5S2/c1-4-44-27-14-12-26(13-15-27)39-30(36-37-33(39)45-22-31(40)35-29-20-23(2)8-9-24(29)3)21-34-32(41)25-10-16-28(17-11-25)46(42,43)38-18-6-5-7-19-38/h8-17,20H,4-7,18-19,21-22H2,1-3H3,(H,34,41)(H,35,40). The second-order valence-electron chi connectivity index (χ2n) is 11.0. The fraction of sp³-hybridized carbons (Fsp3) is 0.333. The molecule has 4 aromatic rings. The van der Waals surface area contributed by atoms with Crippen molar-refractivity contribution in [1.29, 1.82) is 0 Å². The van der Waals surface area contributed by atoms with Crippen molar-refractivity contribution in [2.75, 3.05) is 30.8 Å². The second-order valence-corrected chi connectivity index (χ2v) is 13.9. The van der Waals surface area contributed by atoms with Crippen LogP contribution in [0, 0.1) is 13.8 Å². The molecule has 1 aromatic heterocycles. The number of hydrogen-bond acceptors (Lipinski definition) is 8. The smallest absolute Gasteiger partial charge is 0.251 e. The third kappa shape index (κ3) is 7.95. The Bertz CT molecular complexity index is 1780. The molecule has 13 heteroatoms. The highest BCUT2D eigenvalue weighted by atomic mass is 32.2. The average Bonchev–Trinajstić information content (AvgIpc) is 3.48. The van der Waals surface area contributed by atoms with Gasteiger partial charge in [-0.15, -0.1) is 10.2 Å². The monoisotopic (exact) mass is 662 g/mol. The maximum Gasteiger partial charge on any atom is 0.251 e. The number of aryl methyl sites for hydroxylation is 2. The Balaban J connectivity index is 1.30. The lowest BCUT2D eigenvalue weighted by Gasteiger charge is -2.25. The molecule has 242 valence electrons. The zero-order chi connectivity index (χ0) is 32.7. The van der Waals surface area contributed by atoms with Crippen molar-refractivity contribution >= 4 is 39.3 Å². The molecule has 2 amide bonds. The van der Waals surface area contributed by atoms with E-state index >= 15 is 0 Å². The van der Waals surface area contributed by atoms with Crippen LogP contribution in [0.4, 0.5) is 5.69 Å². The van der Waals surface area contributed by atoms with E-state index in [0.29, 0.717) is 42.0 Å². The van der Waals surface area contributed by atoms with Gasteiger partial charge in [0, 0.05) is 30.0 Å². The van der Waals surface area contributed by atoms with Gasteiger partial charge >= 0.3 is 0 Å². The molecular weight excluding hydrogens is 625 g/mol.